The molecule has 0 spiro atoms. The summed E-state index contributed by atoms with van der Waals surface area (Å²) in [6, 6.07) is 0. The van der Waals surface area contributed by atoms with Gasteiger partial charge in [0.2, 0.25) is 0 Å². The topological polar surface area (TPSA) is 48.8 Å². The van der Waals surface area contributed by atoms with Crippen LogP contribution in [-0.2, 0) is 0 Å². The summed E-state index contributed by atoms with van der Waals surface area (Å²) in [6.45, 7) is 2.12. The third-order valence-electron chi connectivity index (χ3n) is 1.45. The molecule has 3 nitrogen and oxygen atoms in total. The molecule has 0 aromatic carbocycles. The first kappa shape index (κ1) is 6.90. The normalized spacial score (nSPS) is 23.3. The fourth-order valence-electron chi connectivity index (χ4n) is 0.842. The molecule has 0 aliphatic heterocycles. The molecule has 10 heavy (non-hydrogen) atoms. The molecule has 0 saturated heterocycles. The third kappa shape index (κ3) is 1.64. The van der Waals surface area contributed by atoms with Crippen LogP contribution in [0.15, 0.2) is 29.0 Å². The van der Waals surface area contributed by atoms with Gasteiger partial charge in [-0.1, -0.05) is 30.3 Å². The van der Waals surface area contributed by atoms with Crippen molar-refractivity contribution < 1.29 is 0 Å². The summed E-state index contributed by atoms with van der Waals surface area (Å²) in [6.07, 6.45) is 6.83. The number of rotatable bonds is 1. The Hall–Kier alpha value is -1.21. The SMILES string of the molecule is CC1C=CC(N=[N+]=[N-])=CC1. The number of hydrogen-bond donors (Lipinski definition) is 0. The molecule has 3 heteroatoms. The molecular weight excluding hydrogens is 126 g/mol. The van der Waals surface area contributed by atoms with Crippen LogP contribution in [0, 0.1) is 5.92 Å². The van der Waals surface area contributed by atoms with E-state index in [1.165, 1.54) is 0 Å². The summed E-state index contributed by atoms with van der Waals surface area (Å²) in [4.78, 5) is 2.69. The van der Waals surface area contributed by atoms with E-state index in [9.17, 15) is 0 Å². The molecule has 0 aromatic rings. The molecule has 0 aromatic heterocycles. The van der Waals surface area contributed by atoms with Gasteiger partial charge in [0.15, 0.2) is 0 Å². The number of hydrogen-bond acceptors (Lipinski definition) is 1. The second-order valence-corrected chi connectivity index (χ2v) is 2.39. The standard InChI is InChI=1S/C7H9N3/c1-6-2-4-7(5-3-6)9-10-8/h2,4-6H,3H2,1H3. The van der Waals surface area contributed by atoms with Crippen molar-refractivity contribution >= 4 is 0 Å². The number of nitrogens with zero attached hydrogens (tertiary/aromatic N) is 3. The van der Waals surface area contributed by atoms with Crippen LogP contribution in [0.1, 0.15) is 13.3 Å². The first-order valence-corrected chi connectivity index (χ1v) is 3.26. The molecule has 0 N–H and O–H groups in total. The van der Waals surface area contributed by atoms with E-state index in [1.807, 2.05) is 18.2 Å². The fraction of sp³-hybridized carbons (Fsp3) is 0.429. The van der Waals surface area contributed by atoms with E-state index in [-0.39, 0.29) is 0 Å². The van der Waals surface area contributed by atoms with Gasteiger partial charge in [-0.25, -0.2) is 0 Å². The molecule has 0 heterocycles. The van der Waals surface area contributed by atoms with Crippen molar-refractivity contribution in [3.63, 3.8) is 0 Å². The van der Waals surface area contributed by atoms with Crippen LogP contribution in [0.2, 0.25) is 0 Å². The van der Waals surface area contributed by atoms with E-state index in [0.717, 1.165) is 12.1 Å². The van der Waals surface area contributed by atoms with Crippen molar-refractivity contribution in [2.75, 3.05) is 0 Å². The molecule has 1 unspecified atom stereocenters. The van der Waals surface area contributed by atoms with Gasteiger partial charge >= 0.3 is 0 Å². The average Bonchev–Trinajstić information content (AvgIpc) is 1.95. The molecule has 0 bridgehead atoms. The predicted octanol–water partition coefficient (Wildman–Crippen LogP) is 2.78. The van der Waals surface area contributed by atoms with Crippen LogP contribution >= 0.6 is 0 Å². The molecule has 1 aliphatic rings. The van der Waals surface area contributed by atoms with E-state index in [2.05, 4.69) is 16.9 Å². The van der Waals surface area contributed by atoms with Crippen molar-refractivity contribution in [1.29, 1.82) is 0 Å². The maximum Gasteiger partial charge on any atom is 0.0332 e. The molecule has 1 atom stereocenters. The Labute approximate surface area is 59.7 Å². The second-order valence-electron chi connectivity index (χ2n) is 2.39. The molecule has 0 amide bonds. The Balaban J connectivity index is 2.67. The fourth-order valence-corrected chi connectivity index (χ4v) is 0.842. The summed E-state index contributed by atoms with van der Waals surface area (Å²) in [5.74, 6) is 0.581. The summed E-state index contributed by atoms with van der Waals surface area (Å²) in [7, 11) is 0. The molecule has 0 saturated carbocycles. The van der Waals surface area contributed by atoms with E-state index < -0.39 is 0 Å². The van der Waals surface area contributed by atoms with E-state index in [0.29, 0.717) is 5.92 Å². The van der Waals surface area contributed by atoms with Gasteiger partial charge in [0.1, 0.15) is 0 Å². The molecule has 0 radical (unpaired) electrons. The number of allylic oxidation sites excluding steroid dienone is 3. The van der Waals surface area contributed by atoms with Gasteiger partial charge in [0.25, 0.3) is 0 Å². The van der Waals surface area contributed by atoms with Crippen LogP contribution in [0.4, 0.5) is 0 Å². The minimum Gasteiger partial charge on any atom is -0.0809 e. The molecule has 1 aliphatic carbocycles. The van der Waals surface area contributed by atoms with Gasteiger partial charge in [-0.2, -0.15) is 0 Å². The van der Waals surface area contributed by atoms with Gasteiger partial charge in [-0.3, -0.25) is 0 Å². The summed E-state index contributed by atoms with van der Waals surface area (Å²) in [5, 5.41) is 3.47. The molecule has 52 valence electrons. The first-order chi connectivity index (χ1) is 4.83. The van der Waals surface area contributed by atoms with Crippen molar-refractivity contribution in [3.8, 4) is 0 Å². The quantitative estimate of drug-likeness (QED) is 0.301. The first-order valence-electron chi connectivity index (χ1n) is 3.26. The lowest BCUT2D eigenvalue weighted by atomic mass is 10.0. The highest BCUT2D eigenvalue weighted by Crippen LogP contribution is 2.15. The average molecular weight is 135 g/mol. The predicted molar refractivity (Wildman–Crippen MR) is 40.2 cm³/mol. The van der Waals surface area contributed by atoms with Crippen LogP contribution in [0.25, 0.3) is 10.4 Å². The van der Waals surface area contributed by atoms with Gasteiger partial charge in [-0.15, -0.1) is 0 Å². The summed E-state index contributed by atoms with van der Waals surface area (Å²) in [5.41, 5.74) is 8.80. The van der Waals surface area contributed by atoms with Gasteiger partial charge in [-0.05, 0) is 17.9 Å². The zero-order valence-electron chi connectivity index (χ0n) is 5.86. The largest absolute Gasteiger partial charge is 0.0809 e. The smallest absolute Gasteiger partial charge is 0.0332 e. The van der Waals surface area contributed by atoms with Crippen molar-refractivity contribution in [2.24, 2.45) is 11.0 Å². The van der Waals surface area contributed by atoms with Gasteiger partial charge in [0, 0.05) is 10.6 Å². The lowest BCUT2D eigenvalue weighted by Gasteiger charge is -2.06. The maximum atomic E-state index is 8.07. The highest BCUT2D eigenvalue weighted by atomic mass is 15.1. The Bertz CT molecular complexity index is 221. The molecule has 0 fully saturated rings. The summed E-state index contributed by atoms with van der Waals surface area (Å²) >= 11 is 0. The van der Waals surface area contributed by atoms with E-state index in [4.69, 9.17) is 5.53 Å². The molecular formula is C7H9N3. The Morgan fingerprint density at radius 2 is 2.60 bits per heavy atom. The van der Waals surface area contributed by atoms with Crippen LogP contribution in [0.3, 0.4) is 0 Å². The zero-order valence-corrected chi connectivity index (χ0v) is 5.86. The van der Waals surface area contributed by atoms with Gasteiger partial charge in [0.05, 0.1) is 0 Å². The zero-order chi connectivity index (χ0) is 7.40. The maximum absolute atomic E-state index is 8.07. The van der Waals surface area contributed by atoms with Gasteiger partial charge < -0.3 is 0 Å². The minimum absolute atomic E-state index is 0.581. The van der Waals surface area contributed by atoms with Crippen LogP contribution in [0.5, 0.6) is 0 Å². The lowest BCUT2D eigenvalue weighted by molar-refractivity contribution is 0.729. The number of azide groups is 1. The summed E-state index contributed by atoms with van der Waals surface area (Å²) < 4.78 is 0. The monoisotopic (exact) mass is 135 g/mol. The van der Waals surface area contributed by atoms with Crippen molar-refractivity contribution in [2.45, 2.75) is 13.3 Å². The molecule has 1 rings (SSSR count). The highest BCUT2D eigenvalue weighted by Gasteiger charge is 2.00. The third-order valence-corrected chi connectivity index (χ3v) is 1.45. The van der Waals surface area contributed by atoms with E-state index >= 15 is 0 Å². The Kier molecular flexibility index (Phi) is 2.13. The Morgan fingerprint density at radius 3 is 3.10 bits per heavy atom. The Morgan fingerprint density at radius 1 is 1.80 bits per heavy atom. The van der Waals surface area contributed by atoms with Crippen LogP contribution in [-0.4, -0.2) is 0 Å². The van der Waals surface area contributed by atoms with Crippen LogP contribution < -0.4 is 0 Å². The highest BCUT2D eigenvalue weighted by molar-refractivity contribution is 5.21. The minimum atomic E-state index is 0.581. The second kappa shape index (κ2) is 3.08. The van der Waals surface area contributed by atoms with E-state index in [1.54, 1.807) is 0 Å². The van der Waals surface area contributed by atoms with Crippen molar-refractivity contribution in [1.82, 2.24) is 0 Å². The van der Waals surface area contributed by atoms with Crippen molar-refractivity contribution in [3.05, 3.63) is 34.4 Å². The lowest BCUT2D eigenvalue weighted by Crippen LogP contribution is -1.91.